The number of hydrogen-bond donors (Lipinski definition) is 2. The maximum atomic E-state index is 6.33. The lowest BCUT2D eigenvalue weighted by Crippen LogP contribution is -2.24. The summed E-state index contributed by atoms with van der Waals surface area (Å²) in [6, 6.07) is 0.00148. The predicted octanol–water partition coefficient (Wildman–Crippen LogP) is 0.885. The molecule has 3 heterocycles. The first-order valence-electron chi connectivity index (χ1n) is 6.66. The smallest absolute Gasteiger partial charge is 0.107 e. The Kier molecular flexibility index (Phi) is 3.61. The lowest BCUT2D eigenvalue weighted by molar-refractivity contribution is 0.180. The van der Waals surface area contributed by atoms with Gasteiger partial charge in [0.1, 0.15) is 5.82 Å². The third-order valence-electron chi connectivity index (χ3n) is 3.70. The Hall–Kier alpha value is -1.66. The molecule has 102 valence electrons. The highest BCUT2D eigenvalue weighted by molar-refractivity contribution is 5.07. The predicted molar refractivity (Wildman–Crippen MR) is 70.4 cm³/mol. The van der Waals surface area contributed by atoms with E-state index in [4.69, 9.17) is 10.5 Å². The Morgan fingerprint density at radius 3 is 3.26 bits per heavy atom. The highest BCUT2D eigenvalue weighted by Gasteiger charge is 2.26. The molecule has 1 fully saturated rings. The van der Waals surface area contributed by atoms with Gasteiger partial charge in [0.25, 0.3) is 0 Å². The standard InChI is InChI=1S/C13H19N5O/c14-13(10-2-6-19-8-10)11-7-15-9-18(11)5-1-12-16-3-4-17-12/h3-4,7,9-10,13H,1-2,5-6,8,14H2,(H,16,17). The Balaban J connectivity index is 1.67. The largest absolute Gasteiger partial charge is 0.381 e. The van der Waals surface area contributed by atoms with Crippen LogP contribution in [0.15, 0.2) is 24.9 Å². The lowest BCUT2D eigenvalue weighted by Gasteiger charge is -2.19. The molecule has 1 saturated heterocycles. The average Bonchev–Trinajstić information content (AvgIpc) is 3.16. The van der Waals surface area contributed by atoms with E-state index in [9.17, 15) is 0 Å². The van der Waals surface area contributed by atoms with E-state index in [1.54, 1.807) is 6.20 Å². The fourth-order valence-electron chi connectivity index (χ4n) is 2.53. The van der Waals surface area contributed by atoms with Crippen LogP contribution in [0.1, 0.15) is 24.0 Å². The van der Waals surface area contributed by atoms with Gasteiger partial charge in [0.15, 0.2) is 0 Å². The lowest BCUT2D eigenvalue weighted by atomic mass is 9.97. The first-order chi connectivity index (χ1) is 9.34. The van der Waals surface area contributed by atoms with E-state index in [-0.39, 0.29) is 6.04 Å². The van der Waals surface area contributed by atoms with Gasteiger partial charge in [-0.2, -0.15) is 0 Å². The van der Waals surface area contributed by atoms with Crippen LogP contribution in [0.5, 0.6) is 0 Å². The minimum absolute atomic E-state index is 0.00148. The van der Waals surface area contributed by atoms with Crippen molar-refractivity contribution in [2.75, 3.05) is 13.2 Å². The molecule has 2 unspecified atom stereocenters. The molecule has 0 aliphatic carbocycles. The summed E-state index contributed by atoms with van der Waals surface area (Å²) in [5.41, 5.74) is 7.42. The molecule has 2 atom stereocenters. The van der Waals surface area contributed by atoms with Crippen molar-refractivity contribution >= 4 is 0 Å². The molecule has 0 bridgehead atoms. The van der Waals surface area contributed by atoms with Gasteiger partial charge >= 0.3 is 0 Å². The maximum Gasteiger partial charge on any atom is 0.107 e. The number of ether oxygens (including phenoxy) is 1. The second-order valence-corrected chi connectivity index (χ2v) is 4.95. The molecule has 0 aromatic carbocycles. The normalized spacial score (nSPS) is 20.8. The summed E-state index contributed by atoms with van der Waals surface area (Å²) < 4.78 is 7.53. The molecule has 3 N–H and O–H groups in total. The second kappa shape index (κ2) is 5.54. The minimum atomic E-state index is 0.00148. The number of nitrogens with two attached hydrogens (primary N) is 1. The number of nitrogens with zero attached hydrogens (tertiary/aromatic N) is 3. The molecule has 1 aliphatic heterocycles. The summed E-state index contributed by atoms with van der Waals surface area (Å²) >= 11 is 0. The number of rotatable bonds is 5. The van der Waals surface area contributed by atoms with E-state index in [0.29, 0.717) is 5.92 Å². The zero-order valence-corrected chi connectivity index (χ0v) is 10.8. The fraction of sp³-hybridized carbons (Fsp3) is 0.538. The quantitative estimate of drug-likeness (QED) is 0.837. The SMILES string of the molecule is NC(c1cncn1CCc1ncc[nH]1)C1CCOC1. The summed E-state index contributed by atoms with van der Waals surface area (Å²) in [6.45, 7) is 2.41. The minimum Gasteiger partial charge on any atom is -0.381 e. The molecule has 2 aromatic heterocycles. The molecule has 0 spiro atoms. The number of aromatic amines is 1. The van der Waals surface area contributed by atoms with Gasteiger partial charge in [0, 0.05) is 44.1 Å². The number of imidazole rings is 2. The zero-order valence-electron chi connectivity index (χ0n) is 10.8. The van der Waals surface area contributed by atoms with Crippen LogP contribution >= 0.6 is 0 Å². The van der Waals surface area contributed by atoms with Gasteiger partial charge in [-0.05, 0) is 6.42 Å². The van der Waals surface area contributed by atoms with Crippen molar-refractivity contribution in [1.82, 2.24) is 19.5 Å². The van der Waals surface area contributed by atoms with Crippen molar-refractivity contribution in [3.05, 3.63) is 36.4 Å². The van der Waals surface area contributed by atoms with Crippen molar-refractivity contribution in [3.8, 4) is 0 Å². The number of H-pyrrole nitrogens is 1. The van der Waals surface area contributed by atoms with Crippen LogP contribution in [0, 0.1) is 5.92 Å². The molecule has 6 nitrogen and oxygen atoms in total. The number of aryl methyl sites for hydroxylation is 2. The van der Waals surface area contributed by atoms with E-state index in [1.165, 1.54) is 0 Å². The van der Waals surface area contributed by atoms with Gasteiger partial charge in [-0.25, -0.2) is 9.97 Å². The van der Waals surface area contributed by atoms with Crippen LogP contribution < -0.4 is 5.73 Å². The van der Waals surface area contributed by atoms with E-state index in [0.717, 1.165) is 44.1 Å². The number of hydrogen-bond acceptors (Lipinski definition) is 4. The summed E-state index contributed by atoms with van der Waals surface area (Å²) in [4.78, 5) is 11.6. The molecule has 0 amide bonds. The summed E-state index contributed by atoms with van der Waals surface area (Å²) in [7, 11) is 0. The molecule has 6 heteroatoms. The van der Waals surface area contributed by atoms with Crippen molar-refractivity contribution < 1.29 is 4.74 Å². The molecule has 0 saturated carbocycles. The van der Waals surface area contributed by atoms with Crippen LogP contribution in [0.3, 0.4) is 0 Å². The van der Waals surface area contributed by atoms with Gasteiger partial charge in [-0.3, -0.25) is 0 Å². The molecule has 2 aromatic rings. The van der Waals surface area contributed by atoms with E-state index < -0.39 is 0 Å². The summed E-state index contributed by atoms with van der Waals surface area (Å²) in [5.74, 6) is 1.39. The third-order valence-corrected chi connectivity index (χ3v) is 3.70. The monoisotopic (exact) mass is 261 g/mol. The number of nitrogens with one attached hydrogen (secondary N) is 1. The van der Waals surface area contributed by atoms with E-state index >= 15 is 0 Å². The first kappa shape index (κ1) is 12.4. The molecule has 1 aliphatic rings. The molecular weight excluding hydrogens is 242 g/mol. The van der Waals surface area contributed by atoms with Crippen LogP contribution in [-0.4, -0.2) is 32.7 Å². The Labute approximate surface area is 112 Å². The van der Waals surface area contributed by atoms with Gasteiger partial charge in [-0.1, -0.05) is 0 Å². The van der Waals surface area contributed by atoms with Gasteiger partial charge in [-0.15, -0.1) is 0 Å². The van der Waals surface area contributed by atoms with Crippen LogP contribution in [0.4, 0.5) is 0 Å². The molecule has 0 radical (unpaired) electrons. The highest BCUT2D eigenvalue weighted by atomic mass is 16.5. The van der Waals surface area contributed by atoms with Crippen molar-refractivity contribution in [3.63, 3.8) is 0 Å². The Bertz CT molecular complexity index is 501. The summed E-state index contributed by atoms with van der Waals surface area (Å²) in [6.07, 6.45) is 9.20. The van der Waals surface area contributed by atoms with Gasteiger partial charge < -0.3 is 20.0 Å². The molecule has 3 rings (SSSR count). The maximum absolute atomic E-state index is 6.33. The molecule has 19 heavy (non-hydrogen) atoms. The fourth-order valence-corrected chi connectivity index (χ4v) is 2.53. The Morgan fingerprint density at radius 1 is 1.58 bits per heavy atom. The zero-order chi connectivity index (χ0) is 13.1. The van der Waals surface area contributed by atoms with E-state index in [2.05, 4.69) is 19.5 Å². The third kappa shape index (κ3) is 2.69. The summed E-state index contributed by atoms with van der Waals surface area (Å²) in [5, 5.41) is 0. The molecular formula is C13H19N5O. The Morgan fingerprint density at radius 2 is 2.53 bits per heavy atom. The second-order valence-electron chi connectivity index (χ2n) is 4.95. The van der Waals surface area contributed by atoms with Crippen LogP contribution in [0.25, 0.3) is 0 Å². The first-order valence-corrected chi connectivity index (χ1v) is 6.66. The van der Waals surface area contributed by atoms with Crippen LogP contribution in [-0.2, 0) is 17.7 Å². The van der Waals surface area contributed by atoms with Crippen molar-refractivity contribution in [2.24, 2.45) is 11.7 Å². The van der Waals surface area contributed by atoms with E-state index in [1.807, 2.05) is 18.7 Å². The van der Waals surface area contributed by atoms with Crippen LogP contribution in [0.2, 0.25) is 0 Å². The topological polar surface area (TPSA) is 81.8 Å². The highest BCUT2D eigenvalue weighted by Crippen LogP contribution is 2.26. The van der Waals surface area contributed by atoms with Gasteiger partial charge in [0.05, 0.1) is 24.7 Å². The average molecular weight is 261 g/mol. The van der Waals surface area contributed by atoms with Crippen molar-refractivity contribution in [1.29, 1.82) is 0 Å². The van der Waals surface area contributed by atoms with Crippen molar-refractivity contribution in [2.45, 2.75) is 25.4 Å². The van der Waals surface area contributed by atoms with Gasteiger partial charge in [0.2, 0.25) is 0 Å². The number of aromatic nitrogens is 4.